The van der Waals surface area contributed by atoms with Crippen LogP contribution in [0.2, 0.25) is 0 Å². The third-order valence-corrected chi connectivity index (χ3v) is 6.38. The van der Waals surface area contributed by atoms with Gasteiger partial charge in [-0.25, -0.2) is 0 Å². The van der Waals surface area contributed by atoms with Crippen LogP contribution in [-0.2, 0) is 6.18 Å². The van der Waals surface area contributed by atoms with Crippen LogP contribution in [0.3, 0.4) is 0 Å². The number of anilines is 3. The highest BCUT2D eigenvalue weighted by Crippen LogP contribution is 2.41. The number of fused-ring (bicyclic) bond motifs is 3. The molecule has 6 aromatic rings. The molecule has 36 heavy (non-hydrogen) atoms. The van der Waals surface area contributed by atoms with E-state index in [9.17, 15) is 13.2 Å². The van der Waals surface area contributed by atoms with E-state index in [4.69, 9.17) is 0 Å². The molecule has 0 N–H and O–H groups in total. The topological polar surface area (TPSA) is 8.17 Å². The van der Waals surface area contributed by atoms with Crippen LogP contribution in [0.15, 0.2) is 127 Å². The van der Waals surface area contributed by atoms with E-state index >= 15 is 0 Å². The average Bonchev–Trinajstić information content (AvgIpc) is 3.23. The van der Waals surface area contributed by atoms with Gasteiger partial charge in [-0.1, -0.05) is 66.7 Å². The number of alkyl halides is 3. The van der Waals surface area contributed by atoms with Gasteiger partial charge in [0.05, 0.1) is 16.6 Å². The van der Waals surface area contributed by atoms with Crippen molar-refractivity contribution < 1.29 is 13.2 Å². The fourth-order valence-electron chi connectivity index (χ4n) is 4.80. The molecule has 0 aliphatic carbocycles. The molecule has 5 heteroatoms. The highest BCUT2D eigenvalue weighted by atomic mass is 19.4. The maximum atomic E-state index is 13.6. The fraction of sp³-hybridized carbons (Fsp3) is 0.0323. The maximum absolute atomic E-state index is 13.6. The van der Waals surface area contributed by atoms with Crippen LogP contribution < -0.4 is 4.90 Å². The minimum atomic E-state index is -4.43. The molecule has 0 saturated heterocycles. The molecule has 1 aromatic heterocycles. The van der Waals surface area contributed by atoms with Crippen LogP contribution >= 0.6 is 0 Å². The second-order valence-electron chi connectivity index (χ2n) is 8.61. The minimum Gasteiger partial charge on any atom is -0.310 e. The molecule has 5 aromatic carbocycles. The van der Waals surface area contributed by atoms with Crippen LogP contribution in [0.1, 0.15) is 5.56 Å². The zero-order valence-electron chi connectivity index (χ0n) is 19.2. The Kier molecular flexibility index (Phi) is 5.26. The predicted molar refractivity (Wildman–Crippen MR) is 140 cm³/mol. The summed E-state index contributed by atoms with van der Waals surface area (Å²) in [6.45, 7) is 0. The molecule has 0 unspecified atom stereocenters. The molecule has 0 amide bonds. The molecular weight excluding hydrogens is 457 g/mol. The first-order valence-corrected chi connectivity index (χ1v) is 11.6. The van der Waals surface area contributed by atoms with E-state index in [0.717, 1.165) is 44.9 Å². The number of benzene rings is 5. The van der Waals surface area contributed by atoms with Crippen molar-refractivity contribution in [2.24, 2.45) is 0 Å². The molecule has 0 saturated carbocycles. The van der Waals surface area contributed by atoms with Crippen LogP contribution in [0.25, 0.3) is 27.5 Å². The molecule has 0 radical (unpaired) electrons. The number of hydrogen-bond acceptors (Lipinski definition) is 1. The Hall–Kier alpha value is -4.51. The molecule has 0 spiro atoms. The van der Waals surface area contributed by atoms with Crippen molar-refractivity contribution in [1.82, 2.24) is 4.57 Å². The van der Waals surface area contributed by atoms with Crippen molar-refractivity contribution in [3.8, 4) is 5.69 Å². The summed E-state index contributed by atoms with van der Waals surface area (Å²) in [5.41, 5.74) is 4.38. The Balaban J connectivity index is 1.62. The third-order valence-electron chi connectivity index (χ3n) is 6.38. The van der Waals surface area contributed by atoms with Crippen molar-refractivity contribution in [1.29, 1.82) is 0 Å². The molecule has 6 rings (SSSR count). The Morgan fingerprint density at radius 1 is 0.500 bits per heavy atom. The van der Waals surface area contributed by atoms with E-state index in [-0.39, 0.29) is 0 Å². The second kappa shape index (κ2) is 8.61. The van der Waals surface area contributed by atoms with Crippen molar-refractivity contribution in [2.45, 2.75) is 6.18 Å². The highest BCUT2D eigenvalue weighted by molar-refractivity contribution is 6.10. The summed E-state index contributed by atoms with van der Waals surface area (Å²) in [7, 11) is 0. The van der Waals surface area contributed by atoms with Gasteiger partial charge in [0.2, 0.25) is 0 Å². The van der Waals surface area contributed by atoms with E-state index in [1.165, 1.54) is 12.1 Å². The first kappa shape index (κ1) is 22.0. The van der Waals surface area contributed by atoms with Crippen LogP contribution in [0, 0.1) is 0 Å². The fourth-order valence-corrected chi connectivity index (χ4v) is 4.80. The molecule has 0 fully saturated rings. The molecule has 0 aliphatic rings. The summed E-state index contributed by atoms with van der Waals surface area (Å²) >= 11 is 0. The number of hydrogen-bond donors (Lipinski definition) is 0. The summed E-state index contributed by atoms with van der Waals surface area (Å²) in [6.07, 6.45) is -4.43. The number of halogens is 3. The molecule has 2 nitrogen and oxygen atoms in total. The summed E-state index contributed by atoms with van der Waals surface area (Å²) in [4.78, 5) is 1.86. The third kappa shape index (κ3) is 3.79. The van der Waals surface area contributed by atoms with Gasteiger partial charge in [0, 0.05) is 33.5 Å². The Morgan fingerprint density at radius 3 is 1.86 bits per heavy atom. The quantitative estimate of drug-likeness (QED) is 0.245. The minimum absolute atomic E-state index is 0.442. The van der Waals surface area contributed by atoms with Gasteiger partial charge < -0.3 is 9.47 Å². The molecular formula is C31H21F3N2. The lowest BCUT2D eigenvalue weighted by Gasteiger charge is -2.26. The van der Waals surface area contributed by atoms with E-state index in [0.29, 0.717) is 5.69 Å². The van der Waals surface area contributed by atoms with Gasteiger partial charge in [0.15, 0.2) is 0 Å². The lowest BCUT2D eigenvalue weighted by molar-refractivity contribution is -0.137. The Morgan fingerprint density at radius 2 is 1.11 bits per heavy atom. The SMILES string of the molecule is FC(F)(F)c1cccc(N(c2ccccc2)c2ccc3c4ccccc4n(-c4ccccc4)c3c2)c1. The van der Waals surface area contributed by atoms with Crippen LogP contribution in [0.5, 0.6) is 0 Å². The summed E-state index contributed by atoms with van der Waals surface area (Å²) < 4.78 is 42.9. The zero-order valence-corrected chi connectivity index (χ0v) is 19.2. The van der Waals surface area contributed by atoms with Crippen molar-refractivity contribution in [2.75, 3.05) is 4.90 Å². The number of nitrogens with zero attached hydrogens (tertiary/aromatic N) is 2. The summed E-state index contributed by atoms with van der Waals surface area (Å²) in [5.74, 6) is 0. The molecule has 0 bridgehead atoms. The lowest BCUT2D eigenvalue weighted by Crippen LogP contribution is -2.12. The molecule has 0 atom stereocenters. The largest absolute Gasteiger partial charge is 0.416 e. The van der Waals surface area contributed by atoms with Crippen molar-refractivity contribution in [3.63, 3.8) is 0 Å². The maximum Gasteiger partial charge on any atom is 0.416 e. The standard InChI is InChI=1S/C31H21F3N2/c32-31(33,34)22-10-9-15-25(20-22)35(23-11-3-1-4-12-23)26-18-19-28-27-16-7-8-17-29(27)36(30(28)21-26)24-13-5-2-6-14-24/h1-21H. The van der Waals surface area contributed by atoms with Crippen LogP contribution in [0.4, 0.5) is 30.2 Å². The number of para-hydroxylation sites is 3. The first-order valence-electron chi connectivity index (χ1n) is 11.6. The number of rotatable bonds is 4. The number of aromatic nitrogens is 1. The average molecular weight is 479 g/mol. The van der Waals surface area contributed by atoms with Gasteiger partial charge in [-0.2, -0.15) is 13.2 Å². The lowest BCUT2D eigenvalue weighted by atomic mass is 10.1. The summed E-state index contributed by atoms with van der Waals surface area (Å²) in [5, 5.41) is 2.20. The smallest absolute Gasteiger partial charge is 0.310 e. The van der Waals surface area contributed by atoms with E-state index in [2.05, 4.69) is 41.0 Å². The van der Waals surface area contributed by atoms with Gasteiger partial charge in [-0.05, 0) is 60.7 Å². The van der Waals surface area contributed by atoms with Gasteiger partial charge in [0.1, 0.15) is 0 Å². The van der Waals surface area contributed by atoms with E-state index in [1.54, 1.807) is 6.07 Å². The van der Waals surface area contributed by atoms with Gasteiger partial charge in [-0.3, -0.25) is 0 Å². The summed E-state index contributed by atoms with van der Waals surface area (Å²) in [6, 6.07) is 39.3. The zero-order chi connectivity index (χ0) is 24.7. The van der Waals surface area contributed by atoms with Crippen LogP contribution in [-0.4, -0.2) is 4.57 Å². The first-order chi connectivity index (χ1) is 17.5. The van der Waals surface area contributed by atoms with E-state index < -0.39 is 11.7 Å². The predicted octanol–water partition coefficient (Wildman–Crippen LogP) is 9.27. The molecule has 1 heterocycles. The second-order valence-corrected chi connectivity index (χ2v) is 8.61. The highest BCUT2D eigenvalue weighted by Gasteiger charge is 2.31. The molecule has 0 aliphatic heterocycles. The van der Waals surface area contributed by atoms with Crippen molar-refractivity contribution in [3.05, 3.63) is 133 Å². The van der Waals surface area contributed by atoms with Gasteiger partial charge in [-0.15, -0.1) is 0 Å². The monoisotopic (exact) mass is 478 g/mol. The van der Waals surface area contributed by atoms with Gasteiger partial charge in [0.25, 0.3) is 0 Å². The van der Waals surface area contributed by atoms with Gasteiger partial charge >= 0.3 is 6.18 Å². The Bertz CT molecular complexity index is 1670. The molecule has 176 valence electrons. The normalized spacial score (nSPS) is 11.8. The Labute approximate surface area is 206 Å². The van der Waals surface area contributed by atoms with Crippen molar-refractivity contribution >= 4 is 38.9 Å². The van der Waals surface area contributed by atoms with E-state index in [1.807, 2.05) is 71.6 Å².